The lowest BCUT2D eigenvalue weighted by atomic mass is 10.2. The Labute approximate surface area is 152 Å². The average molecular weight is 375 g/mol. The van der Waals surface area contributed by atoms with E-state index in [1.54, 1.807) is 29.7 Å². The Balaban J connectivity index is 1.64. The van der Waals surface area contributed by atoms with Gasteiger partial charge in [0, 0.05) is 16.5 Å². The third kappa shape index (κ3) is 3.83. The maximum absolute atomic E-state index is 12.0. The zero-order chi connectivity index (χ0) is 18.0. The molecule has 0 spiro atoms. The molecule has 3 aromatic heterocycles. The second-order valence-electron chi connectivity index (χ2n) is 5.41. The molecular formula is C16H17N5O2S2. The van der Waals surface area contributed by atoms with Gasteiger partial charge in [-0.25, -0.2) is 9.97 Å². The summed E-state index contributed by atoms with van der Waals surface area (Å²) in [5, 5.41) is 1.79. The highest BCUT2D eigenvalue weighted by atomic mass is 32.2. The van der Waals surface area contributed by atoms with Crippen LogP contribution in [0.5, 0.6) is 0 Å². The Morgan fingerprint density at radius 2 is 2.04 bits per heavy atom. The van der Waals surface area contributed by atoms with Gasteiger partial charge in [0.15, 0.2) is 0 Å². The summed E-state index contributed by atoms with van der Waals surface area (Å²) in [7, 11) is 0. The minimum Gasteiger partial charge on any atom is -0.357 e. The summed E-state index contributed by atoms with van der Waals surface area (Å²) < 4.78 is 0. The van der Waals surface area contributed by atoms with E-state index >= 15 is 0 Å². The Kier molecular flexibility index (Phi) is 5.05. The van der Waals surface area contributed by atoms with Crippen LogP contribution in [0.4, 0.5) is 0 Å². The molecule has 3 rings (SSSR count). The van der Waals surface area contributed by atoms with Crippen molar-refractivity contribution in [3.05, 3.63) is 40.3 Å². The Morgan fingerprint density at radius 3 is 2.76 bits per heavy atom. The number of fused-ring (bicyclic) bond motifs is 1. The molecule has 0 fully saturated rings. The molecule has 7 nitrogen and oxygen atoms in total. The van der Waals surface area contributed by atoms with Crippen LogP contribution in [0, 0.1) is 20.8 Å². The number of hydrazine groups is 1. The van der Waals surface area contributed by atoms with Crippen LogP contribution in [-0.4, -0.2) is 32.5 Å². The first kappa shape index (κ1) is 17.4. The number of aromatic nitrogens is 3. The second-order valence-corrected chi connectivity index (χ2v) is 7.58. The predicted molar refractivity (Wildman–Crippen MR) is 98.8 cm³/mol. The van der Waals surface area contributed by atoms with Crippen LogP contribution in [0.3, 0.4) is 0 Å². The van der Waals surface area contributed by atoms with Gasteiger partial charge in [-0.2, -0.15) is 0 Å². The normalized spacial score (nSPS) is 10.8. The number of nitrogens with one attached hydrogen (secondary N) is 3. The highest BCUT2D eigenvalue weighted by Gasteiger charge is 2.15. The van der Waals surface area contributed by atoms with Crippen LogP contribution in [0.1, 0.15) is 26.8 Å². The first-order valence-corrected chi connectivity index (χ1v) is 9.35. The van der Waals surface area contributed by atoms with Crippen molar-refractivity contribution in [2.75, 3.05) is 5.75 Å². The van der Waals surface area contributed by atoms with Crippen molar-refractivity contribution in [1.82, 2.24) is 25.8 Å². The quantitative estimate of drug-likeness (QED) is 0.370. The van der Waals surface area contributed by atoms with E-state index in [9.17, 15) is 9.59 Å². The number of carbonyl (C=O) groups is 2. The smallest absolute Gasteiger partial charge is 0.286 e. The highest BCUT2D eigenvalue weighted by Crippen LogP contribution is 2.34. The van der Waals surface area contributed by atoms with E-state index in [-0.39, 0.29) is 11.7 Å². The molecule has 0 radical (unpaired) electrons. The molecule has 9 heteroatoms. The molecule has 0 aromatic carbocycles. The van der Waals surface area contributed by atoms with Crippen molar-refractivity contribution >= 4 is 45.1 Å². The maximum Gasteiger partial charge on any atom is 0.286 e. The molecule has 2 amide bonds. The molecule has 0 bridgehead atoms. The van der Waals surface area contributed by atoms with E-state index < -0.39 is 5.91 Å². The predicted octanol–water partition coefficient (Wildman–Crippen LogP) is 2.50. The number of aryl methyl sites for hydroxylation is 3. The molecule has 0 saturated heterocycles. The molecule has 3 N–H and O–H groups in total. The Morgan fingerprint density at radius 1 is 1.24 bits per heavy atom. The van der Waals surface area contributed by atoms with E-state index in [0.29, 0.717) is 11.5 Å². The van der Waals surface area contributed by atoms with Crippen LogP contribution in [-0.2, 0) is 4.79 Å². The molecule has 0 atom stereocenters. The summed E-state index contributed by atoms with van der Waals surface area (Å²) in [6.45, 7) is 5.92. The van der Waals surface area contributed by atoms with Gasteiger partial charge < -0.3 is 4.98 Å². The fourth-order valence-electron chi connectivity index (χ4n) is 2.25. The van der Waals surface area contributed by atoms with Gasteiger partial charge in [0.25, 0.3) is 5.91 Å². The third-order valence-corrected chi connectivity index (χ3v) is 5.68. The monoisotopic (exact) mass is 375 g/mol. The van der Waals surface area contributed by atoms with Gasteiger partial charge in [0.2, 0.25) is 5.91 Å². The number of hydrogen-bond donors (Lipinski definition) is 3. The van der Waals surface area contributed by atoms with Crippen LogP contribution >= 0.6 is 23.1 Å². The number of amides is 2. The summed E-state index contributed by atoms with van der Waals surface area (Å²) in [5.41, 5.74) is 6.30. The number of nitrogens with zero attached hydrogens (tertiary/aromatic N) is 2. The van der Waals surface area contributed by atoms with Gasteiger partial charge >= 0.3 is 0 Å². The average Bonchev–Trinajstić information content (AvgIpc) is 3.19. The summed E-state index contributed by atoms with van der Waals surface area (Å²) >= 11 is 2.96. The number of carbonyl (C=O) groups excluding carboxylic acids is 2. The maximum atomic E-state index is 12.0. The number of H-pyrrole nitrogens is 1. The Bertz CT molecular complexity index is 934. The number of hydrogen-bond acceptors (Lipinski definition) is 6. The van der Waals surface area contributed by atoms with Crippen LogP contribution < -0.4 is 10.9 Å². The SMILES string of the molecule is Cc1nc(SCC(=O)NNC(=O)c2ccc[nH]2)c2c(C)c(C)sc2n1. The molecule has 130 valence electrons. The highest BCUT2D eigenvalue weighted by molar-refractivity contribution is 8.00. The minimum atomic E-state index is -0.395. The lowest BCUT2D eigenvalue weighted by Gasteiger charge is -2.07. The molecule has 3 heterocycles. The first-order valence-electron chi connectivity index (χ1n) is 7.55. The molecule has 0 aliphatic carbocycles. The number of rotatable bonds is 4. The number of thioether (sulfide) groups is 1. The van der Waals surface area contributed by atoms with Gasteiger partial charge in [-0.3, -0.25) is 20.4 Å². The number of thiophene rings is 1. The lowest BCUT2D eigenvalue weighted by Crippen LogP contribution is -2.42. The summed E-state index contributed by atoms with van der Waals surface area (Å²) in [6, 6.07) is 3.33. The van der Waals surface area contributed by atoms with Gasteiger partial charge in [-0.05, 0) is 38.5 Å². The standard InChI is InChI=1S/C16H17N5O2S2/c1-8-9(2)25-16-13(8)15(18-10(3)19-16)24-7-12(22)20-21-14(23)11-5-4-6-17-11/h4-6,17H,7H2,1-3H3,(H,20,22)(H,21,23). The van der Waals surface area contributed by atoms with Gasteiger partial charge in [-0.1, -0.05) is 11.8 Å². The van der Waals surface area contributed by atoms with E-state index in [4.69, 9.17) is 0 Å². The Hall–Kier alpha value is -2.39. The fourth-order valence-corrected chi connectivity index (χ4v) is 4.32. The second kappa shape index (κ2) is 7.24. The van der Waals surface area contributed by atoms with E-state index in [1.165, 1.54) is 16.6 Å². The number of aromatic amines is 1. The van der Waals surface area contributed by atoms with Crippen molar-refractivity contribution in [3.63, 3.8) is 0 Å². The van der Waals surface area contributed by atoms with Crippen molar-refractivity contribution in [3.8, 4) is 0 Å². The van der Waals surface area contributed by atoms with Gasteiger partial charge in [-0.15, -0.1) is 11.3 Å². The van der Waals surface area contributed by atoms with Gasteiger partial charge in [0.1, 0.15) is 21.4 Å². The van der Waals surface area contributed by atoms with Gasteiger partial charge in [0.05, 0.1) is 5.75 Å². The van der Waals surface area contributed by atoms with Crippen LogP contribution in [0.15, 0.2) is 23.4 Å². The molecule has 3 aromatic rings. The van der Waals surface area contributed by atoms with E-state index in [2.05, 4.69) is 25.8 Å². The zero-order valence-electron chi connectivity index (χ0n) is 14.0. The summed E-state index contributed by atoms with van der Waals surface area (Å²) in [5.74, 6) is 0.119. The fraction of sp³-hybridized carbons (Fsp3) is 0.250. The molecular weight excluding hydrogens is 358 g/mol. The summed E-state index contributed by atoms with van der Waals surface area (Å²) in [4.78, 5) is 37.6. The largest absolute Gasteiger partial charge is 0.357 e. The van der Waals surface area contributed by atoms with Crippen LogP contribution in [0.25, 0.3) is 10.2 Å². The van der Waals surface area contributed by atoms with Crippen molar-refractivity contribution in [1.29, 1.82) is 0 Å². The molecule has 0 aliphatic rings. The molecule has 25 heavy (non-hydrogen) atoms. The van der Waals surface area contributed by atoms with E-state index in [0.717, 1.165) is 20.8 Å². The molecule has 0 unspecified atom stereocenters. The van der Waals surface area contributed by atoms with Crippen molar-refractivity contribution < 1.29 is 9.59 Å². The molecule has 0 aliphatic heterocycles. The lowest BCUT2D eigenvalue weighted by molar-refractivity contribution is -0.119. The minimum absolute atomic E-state index is 0.144. The van der Waals surface area contributed by atoms with Crippen molar-refractivity contribution in [2.24, 2.45) is 0 Å². The van der Waals surface area contributed by atoms with Crippen LogP contribution in [0.2, 0.25) is 0 Å². The van der Waals surface area contributed by atoms with E-state index in [1.807, 2.05) is 20.8 Å². The third-order valence-electron chi connectivity index (χ3n) is 3.61. The van der Waals surface area contributed by atoms with Crippen molar-refractivity contribution in [2.45, 2.75) is 25.8 Å². The molecule has 0 saturated carbocycles. The zero-order valence-corrected chi connectivity index (χ0v) is 15.6. The first-order chi connectivity index (χ1) is 12.0. The topological polar surface area (TPSA) is 99.8 Å². The summed E-state index contributed by atoms with van der Waals surface area (Å²) in [6.07, 6.45) is 1.64.